The number of allylic oxidation sites excluding steroid dienone is 10. The summed E-state index contributed by atoms with van der Waals surface area (Å²) in [5.41, 5.74) is 4.48. The molecule has 0 spiro atoms. The van der Waals surface area contributed by atoms with Crippen LogP contribution in [-0.4, -0.2) is 0 Å². The SMILES string of the molecule is C1=CC=CCC=C1.CC1=CCC(C)=C1C. The van der Waals surface area contributed by atoms with Crippen molar-refractivity contribution in [3.8, 4) is 0 Å². The van der Waals surface area contributed by atoms with E-state index in [0.717, 1.165) is 6.42 Å². The molecule has 0 nitrogen and oxygen atoms in total. The molecule has 0 bridgehead atoms. The van der Waals surface area contributed by atoms with Crippen molar-refractivity contribution in [1.29, 1.82) is 0 Å². The summed E-state index contributed by atoms with van der Waals surface area (Å²) in [7, 11) is 0. The number of rotatable bonds is 0. The average Bonchev–Trinajstić information content (AvgIpc) is 2.57. The van der Waals surface area contributed by atoms with E-state index in [2.05, 4.69) is 51.2 Å². The van der Waals surface area contributed by atoms with Crippen molar-refractivity contribution in [1.82, 2.24) is 0 Å². The molecule has 0 radical (unpaired) electrons. The third kappa shape index (κ3) is 4.16. The van der Waals surface area contributed by atoms with E-state index in [4.69, 9.17) is 0 Å². The third-order valence-electron chi connectivity index (χ3n) is 2.82. The molecule has 80 valence electrons. The topological polar surface area (TPSA) is 0 Å². The Morgan fingerprint density at radius 3 is 1.80 bits per heavy atom. The number of hydrogen-bond donors (Lipinski definition) is 0. The zero-order valence-corrected chi connectivity index (χ0v) is 9.96. The second-order valence-electron chi connectivity index (χ2n) is 3.97. The van der Waals surface area contributed by atoms with Crippen LogP contribution in [0.25, 0.3) is 0 Å². The Morgan fingerprint density at radius 1 is 0.867 bits per heavy atom. The molecule has 0 saturated heterocycles. The van der Waals surface area contributed by atoms with Crippen LogP contribution in [0, 0.1) is 0 Å². The van der Waals surface area contributed by atoms with E-state index in [1.807, 2.05) is 12.2 Å². The normalized spacial score (nSPS) is 18.5. The quantitative estimate of drug-likeness (QED) is 0.530. The minimum atomic E-state index is 1.08. The van der Waals surface area contributed by atoms with Crippen molar-refractivity contribution in [3.63, 3.8) is 0 Å². The summed E-state index contributed by atoms with van der Waals surface area (Å²) in [4.78, 5) is 0. The Labute approximate surface area is 93.4 Å². The Morgan fingerprint density at radius 2 is 1.47 bits per heavy atom. The molecular weight excluding hydrogens is 180 g/mol. The fourth-order valence-electron chi connectivity index (χ4n) is 1.47. The molecule has 0 saturated carbocycles. The minimum absolute atomic E-state index is 1.08. The van der Waals surface area contributed by atoms with Gasteiger partial charge in [0.05, 0.1) is 0 Å². The zero-order chi connectivity index (χ0) is 11.1. The van der Waals surface area contributed by atoms with Crippen molar-refractivity contribution >= 4 is 0 Å². The van der Waals surface area contributed by atoms with E-state index in [9.17, 15) is 0 Å². The molecule has 2 aliphatic rings. The Balaban J connectivity index is 0.000000151. The molecule has 0 atom stereocenters. The summed E-state index contributed by atoms with van der Waals surface area (Å²) in [6, 6.07) is 0. The standard InChI is InChI=1S/C8H12.C7H8/c1-6-4-5-7(2)8(6)3;1-2-4-6-7-5-3-1/h4H,5H2,1-3H3;1-6H,7H2. The maximum Gasteiger partial charge on any atom is -0.0130 e. The van der Waals surface area contributed by atoms with Gasteiger partial charge < -0.3 is 0 Å². The van der Waals surface area contributed by atoms with Gasteiger partial charge in [0.25, 0.3) is 0 Å². The maximum atomic E-state index is 2.28. The second kappa shape index (κ2) is 6.23. The minimum Gasteiger partial charge on any atom is -0.0807 e. The van der Waals surface area contributed by atoms with Crippen LogP contribution in [0.2, 0.25) is 0 Å². The summed E-state index contributed by atoms with van der Waals surface area (Å²) in [5.74, 6) is 0. The molecule has 0 fully saturated rings. The van der Waals surface area contributed by atoms with Gasteiger partial charge in [-0.1, -0.05) is 53.7 Å². The van der Waals surface area contributed by atoms with Crippen LogP contribution >= 0.6 is 0 Å². The van der Waals surface area contributed by atoms with Gasteiger partial charge in [-0.05, 0) is 39.2 Å². The predicted molar refractivity (Wildman–Crippen MR) is 68.8 cm³/mol. The molecule has 0 aromatic heterocycles. The van der Waals surface area contributed by atoms with Crippen molar-refractivity contribution in [2.24, 2.45) is 0 Å². The molecule has 0 aromatic rings. The lowest BCUT2D eigenvalue weighted by Crippen LogP contribution is -1.73. The summed E-state index contributed by atoms with van der Waals surface area (Å²) in [6.07, 6.45) is 17.0. The lowest BCUT2D eigenvalue weighted by atomic mass is 10.1. The first kappa shape index (κ1) is 11.8. The van der Waals surface area contributed by atoms with E-state index in [1.54, 1.807) is 0 Å². The molecule has 0 aromatic carbocycles. The lowest BCUT2D eigenvalue weighted by molar-refractivity contribution is 1.22. The van der Waals surface area contributed by atoms with Crippen LogP contribution in [0.3, 0.4) is 0 Å². The van der Waals surface area contributed by atoms with Gasteiger partial charge in [-0.25, -0.2) is 0 Å². The highest BCUT2D eigenvalue weighted by Gasteiger charge is 2.03. The molecule has 0 heterocycles. The molecule has 2 aliphatic carbocycles. The molecule has 15 heavy (non-hydrogen) atoms. The van der Waals surface area contributed by atoms with Crippen LogP contribution in [0.15, 0.2) is 59.3 Å². The fourth-order valence-corrected chi connectivity index (χ4v) is 1.47. The van der Waals surface area contributed by atoms with Gasteiger partial charge in [0.1, 0.15) is 0 Å². The third-order valence-corrected chi connectivity index (χ3v) is 2.82. The first-order valence-corrected chi connectivity index (χ1v) is 5.53. The average molecular weight is 200 g/mol. The van der Waals surface area contributed by atoms with Crippen LogP contribution in [0.5, 0.6) is 0 Å². The summed E-state index contributed by atoms with van der Waals surface area (Å²) in [6.45, 7) is 6.56. The molecular formula is C15H20. The monoisotopic (exact) mass is 200 g/mol. The highest BCUT2D eigenvalue weighted by atomic mass is 14.1. The lowest BCUT2D eigenvalue weighted by Gasteiger charge is -1.93. The summed E-state index contributed by atoms with van der Waals surface area (Å²) >= 11 is 0. The fraction of sp³-hybridized carbons (Fsp3) is 0.333. The number of hydrogen-bond acceptors (Lipinski definition) is 0. The highest BCUT2D eigenvalue weighted by Crippen LogP contribution is 2.23. The van der Waals surface area contributed by atoms with Gasteiger partial charge in [-0.2, -0.15) is 0 Å². The molecule has 0 heteroatoms. The first-order chi connectivity index (χ1) is 7.22. The zero-order valence-electron chi connectivity index (χ0n) is 9.96. The Kier molecular flexibility index (Phi) is 4.89. The van der Waals surface area contributed by atoms with Gasteiger partial charge in [0, 0.05) is 0 Å². The van der Waals surface area contributed by atoms with Crippen molar-refractivity contribution in [3.05, 3.63) is 59.3 Å². The van der Waals surface area contributed by atoms with Crippen LogP contribution in [0.4, 0.5) is 0 Å². The summed E-state index contributed by atoms with van der Waals surface area (Å²) < 4.78 is 0. The molecule has 2 rings (SSSR count). The predicted octanol–water partition coefficient (Wildman–Crippen LogP) is 4.73. The van der Waals surface area contributed by atoms with E-state index in [-0.39, 0.29) is 0 Å². The van der Waals surface area contributed by atoms with E-state index >= 15 is 0 Å². The highest BCUT2D eigenvalue weighted by molar-refractivity contribution is 5.38. The van der Waals surface area contributed by atoms with Crippen molar-refractivity contribution < 1.29 is 0 Å². The Bertz CT molecular complexity index is 327. The van der Waals surface area contributed by atoms with E-state index in [0.29, 0.717) is 0 Å². The van der Waals surface area contributed by atoms with Crippen LogP contribution in [-0.2, 0) is 0 Å². The molecule has 0 unspecified atom stereocenters. The van der Waals surface area contributed by atoms with Crippen molar-refractivity contribution in [2.45, 2.75) is 33.6 Å². The second-order valence-corrected chi connectivity index (χ2v) is 3.97. The van der Waals surface area contributed by atoms with E-state index < -0.39 is 0 Å². The molecule has 0 aliphatic heterocycles. The van der Waals surface area contributed by atoms with Gasteiger partial charge >= 0.3 is 0 Å². The Hall–Kier alpha value is -1.30. The first-order valence-electron chi connectivity index (χ1n) is 5.53. The summed E-state index contributed by atoms with van der Waals surface area (Å²) in [5, 5.41) is 0. The van der Waals surface area contributed by atoms with E-state index in [1.165, 1.54) is 23.1 Å². The van der Waals surface area contributed by atoms with Gasteiger partial charge in [0.2, 0.25) is 0 Å². The van der Waals surface area contributed by atoms with Crippen molar-refractivity contribution in [2.75, 3.05) is 0 Å². The van der Waals surface area contributed by atoms with Gasteiger partial charge in [0.15, 0.2) is 0 Å². The molecule has 0 amide bonds. The smallest absolute Gasteiger partial charge is 0.0130 e. The van der Waals surface area contributed by atoms with Gasteiger partial charge in [-0.15, -0.1) is 0 Å². The maximum absolute atomic E-state index is 2.28. The van der Waals surface area contributed by atoms with Crippen LogP contribution in [0.1, 0.15) is 33.6 Å². The molecule has 0 N–H and O–H groups in total. The van der Waals surface area contributed by atoms with Crippen LogP contribution < -0.4 is 0 Å². The largest absolute Gasteiger partial charge is 0.0807 e. The van der Waals surface area contributed by atoms with Gasteiger partial charge in [-0.3, -0.25) is 0 Å².